The van der Waals surface area contributed by atoms with Gasteiger partial charge < -0.3 is 5.11 Å². The Labute approximate surface area is 124 Å². The van der Waals surface area contributed by atoms with Crippen LogP contribution in [-0.2, 0) is 27.6 Å². The molecule has 2 unspecified atom stereocenters. The van der Waals surface area contributed by atoms with Gasteiger partial charge in [0.15, 0.2) is 9.84 Å². The molecule has 2 atom stereocenters. The Balaban J connectivity index is 2.14. The first kappa shape index (κ1) is 15.9. The molecule has 1 fully saturated rings. The van der Waals surface area contributed by atoms with Crippen LogP contribution in [-0.4, -0.2) is 45.8 Å². The highest BCUT2D eigenvalue weighted by Crippen LogP contribution is 2.28. The predicted molar refractivity (Wildman–Crippen MR) is 76.5 cm³/mol. The third kappa shape index (κ3) is 4.03. The van der Waals surface area contributed by atoms with Gasteiger partial charge in [-0.15, -0.1) is 0 Å². The summed E-state index contributed by atoms with van der Waals surface area (Å²) < 4.78 is 24.8. The second kappa shape index (κ2) is 6.13. The van der Waals surface area contributed by atoms with Crippen LogP contribution >= 0.6 is 0 Å². The zero-order valence-corrected chi connectivity index (χ0v) is 13.1. The number of aromatic nitrogens is 3. The number of carbonyl (C=O) groups is 1. The Bertz CT molecular complexity index is 609. The molecule has 7 nitrogen and oxygen atoms in total. The number of aliphatic carboxylic acids is 1. The molecule has 0 bridgehead atoms. The quantitative estimate of drug-likeness (QED) is 0.825. The van der Waals surface area contributed by atoms with Crippen LogP contribution in [0.25, 0.3) is 0 Å². The van der Waals surface area contributed by atoms with Gasteiger partial charge in [-0.05, 0) is 18.3 Å². The van der Waals surface area contributed by atoms with Crippen molar-refractivity contribution in [3.63, 3.8) is 0 Å². The molecule has 2 rings (SSSR count). The maximum Gasteiger partial charge on any atom is 0.307 e. The SMILES string of the molecule is CC(C)Cn1ncnc1CC(C(=O)O)C1CCS(=O)(=O)C1. The van der Waals surface area contributed by atoms with E-state index >= 15 is 0 Å². The summed E-state index contributed by atoms with van der Waals surface area (Å²) in [6, 6.07) is 0. The van der Waals surface area contributed by atoms with Gasteiger partial charge in [-0.2, -0.15) is 5.10 Å². The second-order valence-corrected chi connectivity index (χ2v) is 8.29. The minimum atomic E-state index is -3.09. The lowest BCUT2D eigenvalue weighted by Gasteiger charge is -2.18. The highest BCUT2D eigenvalue weighted by Gasteiger charge is 2.38. The summed E-state index contributed by atoms with van der Waals surface area (Å²) in [5, 5.41) is 13.5. The van der Waals surface area contributed by atoms with E-state index in [2.05, 4.69) is 10.1 Å². The van der Waals surface area contributed by atoms with Crippen LogP contribution in [0.3, 0.4) is 0 Å². The van der Waals surface area contributed by atoms with E-state index in [1.165, 1.54) is 6.33 Å². The first-order valence-corrected chi connectivity index (χ1v) is 8.90. The van der Waals surface area contributed by atoms with Crippen molar-refractivity contribution in [1.29, 1.82) is 0 Å². The second-order valence-electron chi connectivity index (χ2n) is 6.06. The fraction of sp³-hybridized carbons (Fsp3) is 0.769. The lowest BCUT2D eigenvalue weighted by atomic mass is 9.89. The Hall–Kier alpha value is -1.44. The van der Waals surface area contributed by atoms with E-state index in [-0.39, 0.29) is 23.8 Å². The van der Waals surface area contributed by atoms with Gasteiger partial charge in [0.2, 0.25) is 0 Å². The third-order valence-electron chi connectivity index (χ3n) is 3.79. The molecular weight excluding hydrogens is 294 g/mol. The number of carboxylic acid groups (broad SMARTS) is 1. The first-order chi connectivity index (χ1) is 9.78. The predicted octanol–water partition coefficient (Wildman–Crippen LogP) is 0.612. The van der Waals surface area contributed by atoms with Gasteiger partial charge in [-0.1, -0.05) is 13.8 Å². The number of rotatable bonds is 6. The van der Waals surface area contributed by atoms with Crippen molar-refractivity contribution in [2.75, 3.05) is 11.5 Å². The Kier molecular flexibility index (Phi) is 4.65. The fourth-order valence-corrected chi connectivity index (χ4v) is 4.62. The van der Waals surface area contributed by atoms with E-state index < -0.39 is 21.7 Å². The smallest absolute Gasteiger partial charge is 0.307 e. The number of nitrogens with zero attached hydrogens (tertiary/aromatic N) is 3. The van der Waals surface area contributed by atoms with Crippen molar-refractivity contribution in [2.24, 2.45) is 17.8 Å². The van der Waals surface area contributed by atoms with Crippen LogP contribution in [0.5, 0.6) is 0 Å². The average Bonchev–Trinajstić information content (AvgIpc) is 2.91. The van der Waals surface area contributed by atoms with Gasteiger partial charge >= 0.3 is 5.97 Å². The minimum Gasteiger partial charge on any atom is -0.481 e. The number of hydrogen-bond donors (Lipinski definition) is 1. The lowest BCUT2D eigenvalue weighted by Crippen LogP contribution is -2.28. The lowest BCUT2D eigenvalue weighted by molar-refractivity contribution is -0.143. The van der Waals surface area contributed by atoms with E-state index in [1.54, 1.807) is 4.68 Å². The molecule has 2 heterocycles. The molecule has 8 heteroatoms. The highest BCUT2D eigenvalue weighted by atomic mass is 32.2. The molecule has 1 aliphatic heterocycles. The molecule has 0 aliphatic carbocycles. The molecule has 118 valence electrons. The summed E-state index contributed by atoms with van der Waals surface area (Å²) >= 11 is 0. The third-order valence-corrected chi connectivity index (χ3v) is 5.58. The minimum absolute atomic E-state index is 0.0394. The maximum absolute atomic E-state index is 11.6. The van der Waals surface area contributed by atoms with Crippen LogP contribution in [0, 0.1) is 17.8 Å². The molecule has 21 heavy (non-hydrogen) atoms. The first-order valence-electron chi connectivity index (χ1n) is 7.08. The van der Waals surface area contributed by atoms with Gasteiger partial charge in [-0.3, -0.25) is 4.79 Å². The van der Waals surface area contributed by atoms with Gasteiger partial charge in [0.1, 0.15) is 12.2 Å². The molecule has 0 spiro atoms. The zero-order valence-electron chi connectivity index (χ0n) is 12.3. The highest BCUT2D eigenvalue weighted by molar-refractivity contribution is 7.91. The van der Waals surface area contributed by atoms with Crippen molar-refractivity contribution < 1.29 is 18.3 Å². The maximum atomic E-state index is 11.6. The standard InChI is InChI=1S/C13H21N3O4S/c1-9(2)6-16-12(14-8-15-16)5-11(13(17)18)10-3-4-21(19,20)7-10/h8-11H,3-7H2,1-2H3,(H,17,18). The van der Waals surface area contributed by atoms with Gasteiger partial charge in [0.25, 0.3) is 0 Å². The molecule has 0 radical (unpaired) electrons. The zero-order chi connectivity index (χ0) is 15.6. The van der Waals surface area contributed by atoms with Gasteiger partial charge in [0, 0.05) is 13.0 Å². The summed E-state index contributed by atoms with van der Waals surface area (Å²) in [6.07, 6.45) is 2.06. The van der Waals surface area contributed by atoms with Crippen LogP contribution < -0.4 is 0 Å². The van der Waals surface area contributed by atoms with Crippen molar-refractivity contribution in [3.05, 3.63) is 12.2 Å². The molecule has 1 N–H and O–H groups in total. The number of hydrogen-bond acceptors (Lipinski definition) is 5. The van der Waals surface area contributed by atoms with Gasteiger partial charge in [-0.25, -0.2) is 18.1 Å². The van der Waals surface area contributed by atoms with Crippen LogP contribution in [0.2, 0.25) is 0 Å². The number of sulfone groups is 1. The molecule has 1 aromatic heterocycles. The Morgan fingerprint density at radius 1 is 1.52 bits per heavy atom. The van der Waals surface area contributed by atoms with E-state index in [0.29, 0.717) is 24.7 Å². The van der Waals surface area contributed by atoms with Crippen molar-refractivity contribution in [2.45, 2.75) is 33.2 Å². The average molecular weight is 315 g/mol. The molecule has 0 amide bonds. The molecule has 0 aromatic carbocycles. The molecule has 0 saturated carbocycles. The van der Waals surface area contributed by atoms with Crippen molar-refractivity contribution in [3.8, 4) is 0 Å². The summed E-state index contributed by atoms with van der Waals surface area (Å²) in [7, 11) is -3.09. The largest absolute Gasteiger partial charge is 0.481 e. The molecule has 1 saturated heterocycles. The normalized spacial score (nSPS) is 22.5. The van der Waals surface area contributed by atoms with E-state index in [9.17, 15) is 18.3 Å². The van der Waals surface area contributed by atoms with Crippen LogP contribution in [0.4, 0.5) is 0 Å². The fourth-order valence-electron chi connectivity index (χ4n) is 2.74. The van der Waals surface area contributed by atoms with Crippen molar-refractivity contribution in [1.82, 2.24) is 14.8 Å². The monoisotopic (exact) mass is 315 g/mol. The van der Waals surface area contributed by atoms with Crippen LogP contribution in [0.15, 0.2) is 6.33 Å². The summed E-state index contributed by atoms with van der Waals surface area (Å²) in [4.78, 5) is 15.6. The molecule has 1 aromatic rings. The van der Waals surface area contributed by atoms with E-state index in [1.807, 2.05) is 13.8 Å². The Morgan fingerprint density at radius 3 is 2.76 bits per heavy atom. The summed E-state index contributed by atoms with van der Waals surface area (Å²) in [5.74, 6) is -0.992. The van der Waals surface area contributed by atoms with E-state index in [4.69, 9.17) is 0 Å². The summed E-state index contributed by atoms with van der Waals surface area (Å²) in [5.41, 5.74) is 0. The number of carboxylic acids is 1. The summed E-state index contributed by atoms with van der Waals surface area (Å²) in [6.45, 7) is 4.76. The molecule has 1 aliphatic rings. The van der Waals surface area contributed by atoms with Gasteiger partial charge in [0.05, 0.1) is 17.4 Å². The molecular formula is C13H21N3O4S. The Morgan fingerprint density at radius 2 is 2.24 bits per heavy atom. The van der Waals surface area contributed by atoms with Crippen molar-refractivity contribution >= 4 is 15.8 Å². The van der Waals surface area contributed by atoms with Crippen LogP contribution in [0.1, 0.15) is 26.1 Å². The van der Waals surface area contributed by atoms with E-state index in [0.717, 1.165) is 0 Å². The topological polar surface area (TPSA) is 102 Å².